The molecule has 2 heterocycles. The van der Waals surface area contributed by atoms with E-state index < -0.39 is 0 Å². The number of benzene rings is 2. The second-order valence-corrected chi connectivity index (χ2v) is 7.37. The average Bonchev–Trinajstić information content (AvgIpc) is 3.12. The van der Waals surface area contributed by atoms with Gasteiger partial charge in [0.1, 0.15) is 5.82 Å². The van der Waals surface area contributed by atoms with Crippen molar-refractivity contribution < 1.29 is 4.74 Å². The molecule has 138 valence electrons. The van der Waals surface area contributed by atoms with Crippen molar-refractivity contribution in [3.05, 3.63) is 65.2 Å². The Bertz CT molecular complexity index is 981. The first kappa shape index (κ1) is 16.5. The Morgan fingerprint density at radius 3 is 2.78 bits per heavy atom. The number of nitrogens with one attached hydrogen (secondary N) is 1. The Hall–Kier alpha value is -2.63. The van der Waals surface area contributed by atoms with E-state index in [9.17, 15) is 0 Å². The zero-order valence-corrected chi connectivity index (χ0v) is 15.3. The molecule has 1 unspecified atom stereocenters. The molecule has 0 saturated carbocycles. The molecule has 27 heavy (non-hydrogen) atoms. The topological polar surface area (TPSA) is 63.4 Å². The number of nitrogen functional groups attached to an aromatic ring is 1. The van der Waals surface area contributed by atoms with Gasteiger partial charge in [-0.25, -0.2) is 9.99 Å². The fourth-order valence-electron chi connectivity index (χ4n) is 4.29. The molecule has 1 aliphatic heterocycles. The zero-order chi connectivity index (χ0) is 18.2. The van der Waals surface area contributed by atoms with Crippen LogP contribution < -0.4 is 11.2 Å². The molecule has 5 rings (SSSR count). The maximum Gasteiger partial charge on any atom is 0.127 e. The van der Waals surface area contributed by atoms with Crippen molar-refractivity contribution in [3.8, 4) is 0 Å². The van der Waals surface area contributed by atoms with Crippen molar-refractivity contribution >= 4 is 22.4 Å². The summed E-state index contributed by atoms with van der Waals surface area (Å²) >= 11 is 0. The van der Waals surface area contributed by atoms with Crippen LogP contribution >= 0.6 is 0 Å². The summed E-state index contributed by atoms with van der Waals surface area (Å²) in [7, 11) is 0. The molecule has 3 N–H and O–H groups in total. The van der Waals surface area contributed by atoms with Gasteiger partial charge in [-0.3, -0.25) is 0 Å². The fourth-order valence-corrected chi connectivity index (χ4v) is 4.29. The summed E-state index contributed by atoms with van der Waals surface area (Å²) in [4.78, 5) is 4.70. The molecule has 0 radical (unpaired) electrons. The van der Waals surface area contributed by atoms with Crippen LogP contribution in [-0.2, 0) is 11.2 Å². The lowest BCUT2D eigenvalue weighted by Gasteiger charge is -2.28. The number of anilines is 2. The largest absolute Gasteiger partial charge is 0.383 e. The predicted molar refractivity (Wildman–Crippen MR) is 109 cm³/mol. The monoisotopic (exact) mass is 360 g/mol. The molecule has 1 atom stereocenters. The lowest BCUT2D eigenvalue weighted by atomic mass is 9.92. The third-order valence-corrected chi connectivity index (χ3v) is 5.68. The predicted octanol–water partition coefficient (Wildman–Crippen LogP) is 3.55. The van der Waals surface area contributed by atoms with Gasteiger partial charge in [-0.05, 0) is 48.2 Å². The zero-order valence-electron chi connectivity index (χ0n) is 15.3. The van der Waals surface area contributed by atoms with Gasteiger partial charge in [0.25, 0.3) is 0 Å². The summed E-state index contributed by atoms with van der Waals surface area (Å²) in [5.74, 6) is 0.993. The molecule has 2 aliphatic rings. The van der Waals surface area contributed by atoms with Crippen molar-refractivity contribution in [2.75, 3.05) is 37.5 Å². The van der Waals surface area contributed by atoms with Gasteiger partial charge >= 0.3 is 0 Å². The highest BCUT2D eigenvalue weighted by atomic mass is 16.5. The summed E-state index contributed by atoms with van der Waals surface area (Å²) < 4.78 is 5.42. The van der Waals surface area contributed by atoms with Crippen molar-refractivity contribution in [1.82, 2.24) is 9.99 Å². The van der Waals surface area contributed by atoms with E-state index in [0.29, 0.717) is 11.7 Å². The Balaban J connectivity index is 1.49. The number of rotatable bonds is 3. The number of fused-ring (bicyclic) bond motifs is 2. The Labute approximate surface area is 159 Å². The van der Waals surface area contributed by atoms with E-state index in [2.05, 4.69) is 52.9 Å². The highest BCUT2D eigenvalue weighted by Crippen LogP contribution is 2.40. The summed E-state index contributed by atoms with van der Waals surface area (Å²) in [6, 6.07) is 17.2. The molecule has 0 amide bonds. The Kier molecular flexibility index (Phi) is 4.19. The number of nitrogens with zero attached hydrogens (tertiary/aromatic N) is 2. The highest BCUT2D eigenvalue weighted by molar-refractivity contribution is 5.85. The second kappa shape index (κ2) is 6.83. The quantitative estimate of drug-likeness (QED) is 0.748. The minimum Gasteiger partial charge on any atom is -0.383 e. The highest BCUT2D eigenvalue weighted by Gasteiger charge is 2.26. The number of pyridine rings is 1. The molecular weight excluding hydrogens is 336 g/mol. The van der Waals surface area contributed by atoms with Crippen LogP contribution in [0.4, 0.5) is 11.5 Å². The van der Waals surface area contributed by atoms with Gasteiger partial charge in [0, 0.05) is 35.6 Å². The van der Waals surface area contributed by atoms with Gasteiger partial charge in [0.05, 0.1) is 18.7 Å². The van der Waals surface area contributed by atoms with Gasteiger partial charge in [-0.1, -0.05) is 24.3 Å². The van der Waals surface area contributed by atoms with Crippen LogP contribution in [0.15, 0.2) is 48.5 Å². The van der Waals surface area contributed by atoms with E-state index >= 15 is 0 Å². The Morgan fingerprint density at radius 2 is 1.89 bits per heavy atom. The number of aryl methyl sites for hydroxylation is 1. The van der Waals surface area contributed by atoms with Crippen molar-refractivity contribution in [2.45, 2.75) is 18.8 Å². The van der Waals surface area contributed by atoms with Crippen LogP contribution in [0.2, 0.25) is 0 Å². The number of hydrogen-bond acceptors (Lipinski definition) is 5. The third-order valence-electron chi connectivity index (χ3n) is 5.68. The molecule has 0 bridgehead atoms. The number of ether oxygens (including phenoxy) is 1. The summed E-state index contributed by atoms with van der Waals surface area (Å²) in [6.07, 6.45) is 2.21. The first-order chi connectivity index (χ1) is 13.3. The van der Waals surface area contributed by atoms with Crippen molar-refractivity contribution in [3.63, 3.8) is 0 Å². The standard InChI is InChI=1S/C22H24N4O/c23-22-20(19-7-5-15-3-1-2-4-18(15)19)14-16-13-17(6-8-21(16)24-22)25-26-9-11-27-12-10-26/h1-4,6,8,13-14,19,25H,5,7,9-12H2,(H2,23,24). The van der Waals surface area contributed by atoms with E-state index in [1.54, 1.807) is 0 Å². The van der Waals surface area contributed by atoms with Crippen LogP contribution in [0.25, 0.3) is 10.9 Å². The van der Waals surface area contributed by atoms with Gasteiger partial charge in [0.2, 0.25) is 0 Å². The average molecular weight is 360 g/mol. The van der Waals surface area contributed by atoms with Crippen LogP contribution in [0.3, 0.4) is 0 Å². The number of morpholine rings is 1. The number of hydrazine groups is 1. The van der Waals surface area contributed by atoms with E-state index in [4.69, 9.17) is 15.5 Å². The van der Waals surface area contributed by atoms with Crippen LogP contribution in [0, 0.1) is 0 Å². The normalized spacial score (nSPS) is 19.9. The first-order valence-corrected chi connectivity index (χ1v) is 9.65. The maximum absolute atomic E-state index is 6.36. The minimum atomic E-state index is 0.342. The molecular formula is C22H24N4O. The van der Waals surface area contributed by atoms with E-state index in [-0.39, 0.29) is 0 Å². The van der Waals surface area contributed by atoms with E-state index in [0.717, 1.165) is 61.3 Å². The first-order valence-electron chi connectivity index (χ1n) is 9.65. The van der Waals surface area contributed by atoms with Gasteiger partial charge in [-0.2, -0.15) is 0 Å². The van der Waals surface area contributed by atoms with E-state index in [1.807, 2.05) is 6.07 Å². The van der Waals surface area contributed by atoms with Gasteiger partial charge in [-0.15, -0.1) is 0 Å². The third kappa shape index (κ3) is 3.13. The SMILES string of the molecule is Nc1nc2ccc(NN3CCOCC3)cc2cc1C1CCc2ccccc21. The molecule has 3 aromatic rings. The molecule has 2 aromatic carbocycles. The fraction of sp³-hybridized carbons (Fsp3) is 0.318. The molecule has 1 aliphatic carbocycles. The minimum absolute atomic E-state index is 0.342. The number of aromatic nitrogens is 1. The lowest BCUT2D eigenvalue weighted by molar-refractivity contribution is 0.0497. The maximum atomic E-state index is 6.36. The lowest BCUT2D eigenvalue weighted by Crippen LogP contribution is -2.40. The van der Waals surface area contributed by atoms with E-state index in [1.165, 1.54) is 11.1 Å². The number of nitrogens with two attached hydrogens (primary N) is 1. The van der Waals surface area contributed by atoms with Crippen LogP contribution in [0.1, 0.15) is 29.0 Å². The smallest absolute Gasteiger partial charge is 0.127 e. The van der Waals surface area contributed by atoms with Gasteiger partial charge in [0.15, 0.2) is 0 Å². The molecule has 1 saturated heterocycles. The van der Waals surface area contributed by atoms with Crippen molar-refractivity contribution in [2.24, 2.45) is 0 Å². The molecule has 5 nitrogen and oxygen atoms in total. The molecule has 1 aromatic heterocycles. The summed E-state index contributed by atoms with van der Waals surface area (Å²) in [5.41, 5.74) is 15.8. The van der Waals surface area contributed by atoms with Gasteiger partial charge < -0.3 is 15.9 Å². The number of hydrogen-bond donors (Lipinski definition) is 2. The van der Waals surface area contributed by atoms with Crippen molar-refractivity contribution in [1.29, 1.82) is 0 Å². The van der Waals surface area contributed by atoms with Crippen LogP contribution in [-0.4, -0.2) is 36.3 Å². The summed E-state index contributed by atoms with van der Waals surface area (Å²) in [5, 5.41) is 3.32. The molecule has 1 fully saturated rings. The Morgan fingerprint density at radius 1 is 1.04 bits per heavy atom. The molecule has 0 spiro atoms. The van der Waals surface area contributed by atoms with Crippen LogP contribution in [0.5, 0.6) is 0 Å². The summed E-state index contributed by atoms with van der Waals surface area (Å²) in [6.45, 7) is 3.32. The molecule has 5 heteroatoms. The second-order valence-electron chi connectivity index (χ2n) is 7.37.